The average Bonchev–Trinajstić information content (AvgIpc) is 3.75. The summed E-state index contributed by atoms with van der Waals surface area (Å²) in [6.45, 7) is 3.55. The largest absolute Gasteiger partial charge is 0.493 e. The lowest BCUT2D eigenvalue weighted by molar-refractivity contribution is -0.183. The van der Waals surface area contributed by atoms with Crippen LogP contribution in [-0.4, -0.2) is 48.0 Å². The number of ether oxygens (including phenoxy) is 3. The van der Waals surface area contributed by atoms with Crippen LogP contribution in [0.3, 0.4) is 0 Å². The van der Waals surface area contributed by atoms with Crippen LogP contribution >= 0.6 is 0 Å². The van der Waals surface area contributed by atoms with Gasteiger partial charge in [0.05, 0.1) is 19.7 Å². The van der Waals surface area contributed by atoms with Gasteiger partial charge < -0.3 is 30.2 Å². The van der Waals surface area contributed by atoms with Gasteiger partial charge in [0.1, 0.15) is 16.9 Å². The quantitative estimate of drug-likeness (QED) is 0.348. The Morgan fingerprint density at radius 3 is 2.12 bits per heavy atom. The lowest BCUT2D eigenvalue weighted by Gasteiger charge is -2.75. The number of hydrogen-bond acceptors (Lipinski definition) is 7. The van der Waals surface area contributed by atoms with Crippen LogP contribution in [0.1, 0.15) is 39.5 Å². The summed E-state index contributed by atoms with van der Waals surface area (Å²) in [5.41, 5.74) is -0.331. The summed E-state index contributed by atoms with van der Waals surface area (Å²) in [5.74, 6) is 1.86. The van der Waals surface area contributed by atoms with Gasteiger partial charge in [-0.2, -0.15) is 0 Å². The maximum Gasteiger partial charge on any atom is 0.240 e. The Morgan fingerprint density at radius 2 is 1.52 bits per heavy atom. The van der Waals surface area contributed by atoms with Crippen LogP contribution < -0.4 is 30.2 Å². The number of benzene rings is 2. The fraction of sp³-hybridized carbons (Fsp3) is 0.400. The van der Waals surface area contributed by atoms with Crippen LogP contribution in [0.15, 0.2) is 48.7 Å². The lowest BCUT2D eigenvalue weighted by Crippen LogP contribution is -2.89. The fourth-order valence-electron chi connectivity index (χ4n) is 6.25. The van der Waals surface area contributed by atoms with Gasteiger partial charge in [0.2, 0.25) is 17.7 Å². The molecule has 3 N–H and O–H groups in total. The number of fused-ring (bicyclic) bond motifs is 1. The van der Waals surface area contributed by atoms with E-state index in [2.05, 4.69) is 20.9 Å². The highest BCUT2D eigenvalue weighted by atomic mass is 16.5. The number of hydrogen-bond donors (Lipinski definition) is 3. The minimum absolute atomic E-state index is 0.0593. The number of carbonyl (C=O) groups is 3. The molecule has 0 spiro atoms. The van der Waals surface area contributed by atoms with Crippen molar-refractivity contribution in [3.05, 3.63) is 48.7 Å². The molecular weight excluding hydrogens is 512 g/mol. The van der Waals surface area contributed by atoms with Crippen molar-refractivity contribution in [2.24, 2.45) is 11.3 Å². The van der Waals surface area contributed by atoms with Crippen molar-refractivity contribution in [3.63, 3.8) is 0 Å². The molecule has 10 nitrogen and oxygen atoms in total. The molecule has 4 aliphatic carbocycles. The minimum Gasteiger partial charge on any atom is -0.493 e. The zero-order valence-electron chi connectivity index (χ0n) is 22.9. The predicted molar refractivity (Wildman–Crippen MR) is 147 cm³/mol. The zero-order chi connectivity index (χ0) is 28.3. The van der Waals surface area contributed by atoms with E-state index in [1.54, 1.807) is 56.8 Å². The highest BCUT2D eigenvalue weighted by molar-refractivity contribution is 6.13. The number of pyridine rings is 1. The van der Waals surface area contributed by atoms with E-state index >= 15 is 0 Å². The molecule has 1 aromatic heterocycles. The second-order valence-corrected chi connectivity index (χ2v) is 11.2. The summed E-state index contributed by atoms with van der Waals surface area (Å²) >= 11 is 0. The Labute approximate surface area is 231 Å². The van der Waals surface area contributed by atoms with Gasteiger partial charge in [-0.05, 0) is 62.1 Å². The van der Waals surface area contributed by atoms with Gasteiger partial charge in [0, 0.05) is 47.3 Å². The molecule has 3 amide bonds. The normalized spacial score (nSPS) is 25.1. The Hall–Kier alpha value is -4.34. The average molecular weight is 545 g/mol. The molecule has 2 bridgehead atoms. The van der Waals surface area contributed by atoms with E-state index in [0.717, 1.165) is 5.39 Å². The van der Waals surface area contributed by atoms with Gasteiger partial charge in [-0.15, -0.1) is 0 Å². The number of nitrogens with one attached hydrogen (secondary N) is 3. The van der Waals surface area contributed by atoms with E-state index in [-0.39, 0.29) is 34.7 Å². The van der Waals surface area contributed by atoms with E-state index in [1.165, 1.54) is 6.92 Å². The second kappa shape index (κ2) is 9.11. The molecule has 1 unspecified atom stereocenters. The summed E-state index contributed by atoms with van der Waals surface area (Å²) in [7, 11) is 3.14. The molecule has 0 radical (unpaired) electrons. The van der Waals surface area contributed by atoms with Crippen molar-refractivity contribution < 1.29 is 28.6 Å². The predicted octanol–water partition coefficient (Wildman–Crippen LogP) is 3.94. The molecule has 3 aromatic rings. The number of anilines is 1. The van der Waals surface area contributed by atoms with E-state index in [0.29, 0.717) is 59.9 Å². The molecule has 1 heterocycles. The molecule has 4 saturated carbocycles. The van der Waals surface area contributed by atoms with Gasteiger partial charge in [0.25, 0.3) is 0 Å². The molecular formula is C30H32N4O6. The smallest absolute Gasteiger partial charge is 0.240 e. The minimum atomic E-state index is -1.05. The summed E-state index contributed by atoms with van der Waals surface area (Å²) in [6.07, 6.45) is 4.09. The van der Waals surface area contributed by atoms with Crippen LogP contribution in [0.5, 0.6) is 23.0 Å². The number of amides is 3. The number of methoxy groups -OCH3 is 2. The molecule has 10 heteroatoms. The van der Waals surface area contributed by atoms with Crippen molar-refractivity contribution >= 4 is 34.3 Å². The van der Waals surface area contributed by atoms with E-state index in [1.807, 2.05) is 13.0 Å². The summed E-state index contributed by atoms with van der Waals surface area (Å²) < 4.78 is 16.9. The van der Waals surface area contributed by atoms with Crippen LogP contribution in [0.25, 0.3) is 10.9 Å². The fourth-order valence-corrected chi connectivity index (χ4v) is 6.25. The first-order valence-corrected chi connectivity index (χ1v) is 13.4. The van der Waals surface area contributed by atoms with E-state index in [4.69, 9.17) is 14.2 Å². The zero-order valence-corrected chi connectivity index (χ0v) is 22.9. The van der Waals surface area contributed by atoms with Crippen molar-refractivity contribution in [2.75, 3.05) is 19.5 Å². The van der Waals surface area contributed by atoms with Crippen molar-refractivity contribution in [3.8, 4) is 23.0 Å². The third kappa shape index (κ3) is 4.01. The summed E-state index contributed by atoms with van der Waals surface area (Å²) in [6, 6.07) is 12.4. The van der Waals surface area contributed by atoms with Crippen LogP contribution in [0.2, 0.25) is 0 Å². The third-order valence-corrected chi connectivity index (χ3v) is 8.87. The lowest BCUT2D eigenvalue weighted by atomic mass is 9.37. The highest BCUT2D eigenvalue weighted by Crippen LogP contribution is 2.65. The first-order valence-electron chi connectivity index (χ1n) is 13.4. The third-order valence-electron chi connectivity index (χ3n) is 8.87. The summed E-state index contributed by atoms with van der Waals surface area (Å²) in [5, 5.41) is 9.84. The Morgan fingerprint density at radius 1 is 0.875 bits per heavy atom. The number of rotatable bonds is 9. The maximum absolute atomic E-state index is 13.2. The Kier molecular flexibility index (Phi) is 5.90. The molecule has 4 aliphatic rings. The second-order valence-electron chi connectivity index (χ2n) is 11.2. The molecule has 7 rings (SSSR count). The van der Waals surface area contributed by atoms with Crippen molar-refractivity contribution in [1.82, 2.24) is 15.6 Å². The van der Waals surface area contributed by atoms with Crippen LogP contribution in [0.4, 0.5) is 5.69 Å². The first-order chi connectivity index (χ1) is 19.1. The monoisotopic (exact) mass is 544 g/mol. The van der Waals surface area contributed by atoms with Crippen LogP contribution in [-0.2, 0) is 14.4 Å². The maximum atomic E-state index is 13.2. The molecule has 0 aliphatic heterocycles. The first kappa shape index (κ1) is 25.9. The molecule has 1 atom stereocenters. The standard InChI is InChI=1S/C30H32N4O6/c1-17-29(33-18(2)35)15-30(17,16-29)34-27(37)28(10-11-28)26(36)32-19-5-7-20(8-6-19)40-23-9-12-31-22-14-25(39-4)24(38-3)13-21(22)23/h5-9,12-14,17H,10-11,15-16H2,1-4H3,(H,32,36)(H,33,35)(H,34,37). The van der Waals surface area contributed by atoms with Crippen molar-refractivity contribution in [2.45, 2.75) is 50.6 Å². The molecule has 0 saturated heterocycles. The van der Waals surface area contributed by atoms with Gasteiger partial charge in [-0.3, -0.25) is 19.4 Å². The topological polar surface area (TPSA) is 128 Å². The molecule has 4 fully saturated rings. The molecule has 2 aromatic carbocycles. The number of nitrogens with zero attached hydrogens (tertiary/aromatic N) is 1. The van der Waals surface area contributed by atoms with Gasteiger partial charge in [-0.1, -0.05) is 6.92 Å². The van der Waals surface area contributed by atoms with Gasteiger partial charge in [-0.25, -0.2) is 0 Å². The SMILES string of the molecule is COc1cc2nccc(Oc3ccc(NC(=O)C4(C(=O)NC56CC(NC(C)=O)(C5)C6C)CC4)cc3)c2cc1OC. The Balaban J connectivity index is 1.10. The van der Waals surface area contributed by atoms with Gasteiger partial charge in [0.15, 0.2) is 11.5 Å². The van der Waals surface area contributed by atoms with E-state index < -0.39 is 5.41 Å². The van der Waals surface area contributed by atoms with E-state index in [9.17, 15) is 14.4 Å². The summed E-state index contributed by atoms with van der Waals surface area (Å²) in [4.78, 5) is 42.3. The van der Waals surface area contributed by atoms with Gasteiger partial charge >= 0.3 is 0 Å². The number of aromatic nitrogens is 1. The Bertz CT molecular complexity index is 1530. The van der Waals surface area contributed by atoms with Crippen molar-refractivity contribution in [1.29, 1.82) is 0 Å². The highest BCUT2D eigenvalue weighted by Gasteiger charge is 2.75. The number of carbonyl (C=O) groups excluding carboxylic acids is 3. The molecule has 208 valence electrons. The molecule has 40 heavy (non-hydrogen) atoms. The van der Waals surface area contributed by atoms with Crippen LogP contribution in [0, 0.1) is 11.3 Å².